The lowest BCUT2D eigenvalue weighted by molar-refractivity contribution is 0.0596. The van der Waals surface area contributed by atoms with Gasteiger partial charge in [0, 0.05) is 33.6 Å². The summed E-state index contributed by atoms with van der Waals surface area (Å²) < 4.78 is 7.11. The van der Waals surface area contributed by atoms with Gasteiger partial charge in [-0.05, 0) is 29.8 Å². The smallest absolute Gasteiger partial charge is 0.355 e. The van der Waals surface area contributed by atoms with E-state index < -0.39 is 5.97 Å². The molecule has 6 nitrogen and oxygen atoms in total. The SMILES string of the molecule is COC(=O)c1[nH]c2cc(C#N)ccc2c1-c1c(-c2ccccc2)ncn1Cc1ccc(Cl)cc1. The summed E-state index contributed by atoms with van der Waals surface area (Å²) in [5.41, 5.74) is 5.63. The van der Waals surface area contributed by atoms with E-state index in [2.05, 4.69) is 11.1 Å². The quantitative estimate of drug-likeness (QED) is 0.319. The number of fused-ring (bicyclic) bond motifs is 1. The molecule has 0 bridgehead atoms. The second-order valence-corrected chi connectivity index (χ2v) is 8.24. The zero-order valence-electron chi connectivity index (χ0n) is 18.2. The Hall–Kier alpha value is -4.34. The van der Waals surface area contributed by atoms with Crippen molar-refractivity contribution in [1.29, 1.82) is 5.26 Å². The highest BCUT2D eigenvalue weighted by molar-refractivity contribution is 6.30. The number of ether oxygens (including phenoxy) is 1. The fourth-order valence-electron chi connectivity index (χ4n) is 4.13. The lowest BCUT2D eigenvalue weighted by Gasteiger charge is -2.12. The number of nitriles is 1. The van der Waals surface area contributed by atoms with Crippen LogP contribution in [0.5, 0.6) is 0 Å². The van der Waals surface area contributed by atoms with Crippen molar-refractivity contribution in [1.82, 2.24) is 14.5 Å². The fraction of sp³-hybridized carbons (Fsp3) is 0.0741. The van der Waals surface area contributed by atoms with Crippen LogP contribution in [0.2, 0.25) is 5.02 Å². The largest absolute Gasteiger partial charge is 0.464 e. The molecule has 0 unspecified atom stereocenters. The predicted molar refractivity (Wildman–Crippen MR) is 132 cm³/mol. The Labute approximate surface area is 201 Å². The van der Waals surface area contributed by atoms with Crippen LogP contribution in [0, 0.1) is 11.3 Å². The molecule has 0 aliphatic heterocycles. The molecule has 7 heteroatoms. The number of H-pyrrole nitrogens is 1. The first kappa shape index (κ1) is 21.5. The predicted octanol–water partition coefficient (Wildman–Crippen LogP) is 6.06. The van der Waals surface area contributed by atoms with Gasteiger partial charge in [-0.25, -0.2) is 9.78 Å². The Morgan fingerprint density at radius 2 is 1.88 bits per heavy atom. The number of hydrogen-bond acceptors (Lipinski definition) is 4. The molecule has 0 aliphatic carbocycles. The van der Waals surface area contributed by atoms with E-state index in [1.807, 2.05) is 65.2 Å². The number of imidazole rings is 1. The van der Waals surface area contributed by atoms with Crippen LogP contribution in [0.3, 0.4) is 0 Å². The molecule has 34 heavy (non-hydrogen) atoms. The normalized spacial score (nSPS) is 10.9. The number of aromatic nitrogens is 3. The fourth-order valence-corrected chi connectivity index (χ4v) is 4.25. The third-order valence-corrected chi connectivity index (χ3v) is 5.96. The van der Waals surface area contributed by atoms with E-state index in [-0.39, 0.29) is 0 Å². The molecule has 0 atom stereocenters. The summed E-state index contributed by atoms with van der Waals surface area (Å²) >= 11 is 6.08. The van der Waals surface area contributed by atoms with Crippen molar-refractivity contribution in [2.45, 2.75) is 6.54 Å². The van der Waals surface area contributed by atoms with Crippen LogP contribution >= 0.6 is 11.6 Å². The molecule has 5 rings (SSSR count). The van der Waals surface area contributed by atoms with Gasteiger partial charge >= 0.3 is 5.97 Å². The average Bonchev–Trinajstić information content (AvgIpc) is 3.45. The first-order chi connectivity index (χ1) is 16.6. The van der Waals surface area contributed by atoms with Gasteiger partial charge in [0.1, 0.15) is 5.69 Å². The lowest BCUT2D eigenvalue weighted by Crippen LogP contribution is -2.07. The molecule has 5 aromatic rings. The molecule has 0 fully saturated rings. The van der Waals surface area contributed by atoms with Crippen molar-refractivity contribution in [3.8, 4) is 28.6 Å². The maximum absolute atomic E-state index is 12.8. The summed E-state index contributed by atoms with van der Waals surface area (Å²) in [5.74, 6) is -0.497. The summed E-state index contributed by atoms with van der Waals surface area (Å²) in [5, 5.41) is 10.8. The van der Waals surface area contributed by atoms with Crippen molar-refractivity contribution in [2.75, 3.05) is 7.11 Å². The molecule has 3 aromatic carbocycles. The van der Waals surface area contributed by atoms with E-state index in [1.165, 1.54) is 7.11 Å². The number of nitrogens with zero attached hydrogens (tertiary/aromatic N) is 3. The highest BCUT2D eigenvalue weighted by Crippen LogP contribution is 2.39. The summed E-state index contributed by atoms with van der Waals surface area (Å²) in [6.45, 7) is 0.524. The van der Waals surface area contributed by atoms with Crippen molar-refractivity contribution < 1.29 is 9.53 Å². The maximum Gasteiger partial charge on any atom is 0.355 e. The molecule has 0 aliphatic rings. The standard InChI is InChI=1S/C27H19ClN4O2/c1-34-27(33)25-23(21-12-9-18(14-29)13-22(21)31-25)26-24(19-5-3-2-4-6-19)30-16-32(26)15-17-7-10-20(28)11-8-17/h2-13,16,31H,15H2,1H3. The van der Waals surface area contributed by atoms with Gasteiger partial charge in [-0.15, -0.1) is 0 Å². The highest BCUT2D eigenvalue weighted by atomic mass is 35.5. The molecule has 0 saturated carbocycles. The third-order valence-electron chi connectivity index (χ3n) is 5.71. The number of hydrogen-bond donors (Lipinski definition) is 1. The van der Waals surface area contributed by atoms with Crippen LogP contribution in [-0.2, 0) is 11.3 Å². The van der Waals surface area contributed by atoms with Crippen LogP contribution in [0.25, 0.3) is 33.4 Å². The molecule has 0 saturated heterocycles. The van der Waals surface area contributed by atoms with Crippen molar-refractivity contribution in [3.05, 3.63) is 101 Å². The molecule has 2 aromatic heterocycles. The van der Waals surface area contributed by atoms with Gasteiger partial charge in [0.2, 0.25) is 0 Å². The molecular weight excluding hydrogens is 448 g/mol. The van der Waals surface area contributed by atoms with Crippen LogP contribution in [-0.4, -0.2) is 27.6 Å². The topological polar surface area (TPSA) is 83.7 Å². The number of nitrogens with one attached hydrogen (secondary N) is 1. The van der Waals surface area contributed by atoms with Crippen molar-refractivity contribution in [3.63, 3.8) is 0 Å². The van der Waals surface area contributed by atoms with E-state index in [0.717, 1.165) is 27.9 Å². The summed E-state index contributed by atoms with van der Waals surface area (Å²) in [7, 11) is 1.35. The number of halogens is 1. The number of benzene rings is 3. The molecule has 1 N–H and O–H groups in total. The number of methoxy groups -OCH3 is 1. The molecule has 0 spiro atoms. The number of carbonyl (C=O) groups excluding carboxylic acids is 1. The van der Waals surface area contributed by atoms with E-state index >= 15 is 0 Å². The zero-order chi connectivity index (χ0) is 23.7. The summed E-state index contributed by atoms with van der Waals surface area (Å²) in [6.07, 6.45) is 1.77. The van der Waals surface area contributed by atoms with Crippen LogP contribution in [0.15, 0.2) is 79.1 Å². The summed E-state index contributed by atoms with van der Waals surface area (Å²) in [6, 6.07) is 24.9. The Kier molecular flexibility index (Phi) is 5.62. The monoisotopic (exact) mass is 466 g/mol. The third kappa shape index (κ3) is 3.83. The van der Waals surface area contributed by atoms with Crippen LogP contribution in [0.4, 0.5) is 0 Å². The maximum atomic E-state index is 12.8. The Balaban J connectivity index is 1.80. The van der Waals surface area contributed by atoms with Gasteiger partial charge in [-0.1, -0.05) is 60.1 Å². The molecular formula is C27H19ClN4O2. The van der Waals surface area contributed by atoms with Gasteiger partial charge in [-0.2, -0.15) is 5.26 Å². The van der Waals surface area contributed by atoms with E-state index in [4.69, 9.17) is 21.3 Å². The molecule has 0 amide bonds. The number of rotatable bonds is 5. The van der Waals surface area contributed by atoms with E-state index in [0.29, 0.717) is 33.9 Å². The first-order valence-corrected chi connectivity index (χ1v) is 11.0. The zero-order valence-corrected chi connectivity index (χ0v) is 19.0. The minimum absolute atomic E-state index is 0.308. The summed E-state index contributed by atoms with van der Waals surface area (Å²) in [4.78, 5) is 20.8. The lowest BCUT2D eigenvalue weighted by atomic mass is 10.0. The first-order valence-electron chi connectivity index (χ1n) is 10.6. The van der Waals surface area contributed by atoms with Crippen LogP contribution < -0.4 is 0 Å². The van der Waals surface area contributed by atoms with Crippen LogP contribution in [0.1, 0.15) is 21.6 Å². The van der Waals surface area contributed by atoms with E-state index in [1.54, 1.807) is 18.5 Å². The molecule has 166 valence electrons. The van der Waals surface area contributed by atoms with Gasteiger partial charge in [0.05, 0.1) is 36.5 Å². The number of esters is 1. The Morgan fingerprint density at radius 1 is 1.12 bits per heavy atom. The second-order valence-electron chi connectivity index (χ2n) is 7.80. The highest BCUT2D eigenvalue weighted by Gasteiger charge is 2.26. The minimum Gasteiger partial charge on any atom is -0.464 e. The minimum atomic E-state index is -0.497. The van der Waals surface area contributed by atoms with Gasteiger partial charge < -0.3 is 14.3 Å². The Bertz CT molecular complexity index is 1540. The average molecular weight is 467 g/mol. The number of aromatic amines is 1. The Morgan fingerprint density at radius 3 is 2.59 bits per heavy atom. The van der Waals surface area contributed by atoms with Gasteiger partial charge in [-0.3, -0.25) is 0 Å². The molecule has 2 heterocycles. The van der Waals surface area contributed by atoms with Crippen molar-refractivity contribution >= 4 is 28.5 Å². The molecule has 0 radical (unpaired) electrons. The van der Waals surface area contributed by atoms with Crippen molar-refractivity contribution in [2.24, 2.45) is 0 Å². The van der Waals surface area contributed by atoms with E-state index in [9.17, 15) is 10.1 Å². The van der Waals surface area contributed by atoms with Gasteiger partial charge in [0.15, 0.2) is 0 Å². The second kappa shape index (κ2) is 8.89. The number of carbonyl (C=O) groups is 1. The van der Waals surface area contributed by atoms with Gasteiger partial charge in [0.25, 0.3) is 0 Å².